The molecule has 0 saturated heterocycles. The fourth-order valence-corrected chi connectivity index (χ4v) is 2.85. The quantitative estimate of drug-likeness (QED) is 0.874. The van der Waals surface area contributed by atoms with Crippen molar-refractivity contribution in [2.75, 3.05) is 13.7 Å². The zero-order chi connectivity index (χ0) is 13.8. The maximum atomic E-state index is 5.31. The van der Waals surface area contributed by atoms with E-state index < -0.39 is 0 Å². The first-order valence-corrected chi connectivity index (χ1v) is 7.11. The summed E-state index contributed by atoms with van der Waals surface area (Å²) in [6, 6.07) is 6.85. The van der Waals surface area contributed by atoms with Crippen molar-refractivity contribution < 1.29 is 4.74 Å². The van der Waals surface area contributed by atoms with E-state index in [4.69, 9.17) is 4.74 Å². The molecule has 0 radical (unpaired) electrons. The molecule has 2 aromatic rings. The molecule has 3 rings (SSSR count). The van der Waals surface area contributed by atoms with Gasteiger partial charge in [-0.15, -0.1) is 0 Å². The van der Waals surface area contributed by atoms with Crippen molar-refractivity contribution in [1.82, 2.24) is 20.5 Å². The molecule has 1 unspecified atom stereocenters. The third kappa shape index (κ3) is 2.82. The van der Waals surface area contributed by atoms with E-state index in [1.165, 1.54) is 24.0 Å². The van der Waals surface area contributed by atoms with E-state index in [2.05, 4.69) is 38.7 Å². The molecule has 1 aromatic carbocycles. The van der Waals surface area contributed by atoms with Crippen LogP contribution in [-0.2, 0) is 12.8 Å². The zero-order valence-electron chi connectivity index (χ0n) is 11.7. The van der Waals surface area contributed by atoms with Gasteiger partial charge in [0.15, 0.2) is 0 Å². The molecule has 0 amide bonds. The van der Waals surface area contributed by atoms with Crippen LogP contribution < -0.4 is 10.1 Å². The molecule has 1 aromatic heterocycles. The number of hydrogen-bond acceptors (Lipinski definition) is 4. The maximum absolute atomic E-state index is 5.31. The number of ether oxygens (including phenoxy) is 1. The fraction of sp³-hybridized carbons (Fsp3) is 0.467. The van der Waals surface area contributed by atoms with Crippen LogP contribution in [0.4, 0.5) is 0 Å². The van der Waals surface area contributed by atoms with E-state index in [9.17, 15) is 0 Å². The number of nitrogens with zero attached hydrogens (tertiary/aromatic N) is 2. The smallest absolute Gasteiger partial charge is 0.137 e. The highest BCUT2D eigenvalue weighted by Crippen LogP contribution is 2.32. The maximum Gasteiger partial charge on any atom is 0.137 e. The molecule has 5 nitrogen and oxygen atoms in total. The van der Waals surface area contributed by atoms with Crippen LogP contribution in [0.3, 0.4) is 0 Å². The Bertz CT molecular complexity index is 553. The highest BCUT2D eigenvalue weighted by atomic mass is 16.5. The predicted molar refractivity (Wildman–Crippen MR) is 76.8 cm³/mol. The summed E-state index contributed by atoms with van der Waals surface area (Å²) < 4.78 is 5.31. The number of H-pyrrole nitrogens is 1. The van der Waals surface area contributed by atoms with Gasteiger partial charge in [0.05, 0.1) is 7.11 Å². The number of benzene rings is 1. The van der Waals surface area contributed by atoms with Crippen LogP contribution in [-0.4, -0.2) is 28.8 Å². The highest BCUT2D eigenvalue weighted by Gasteiger charge is 2.20. The first-order valence-electron chi connectivity index (χ1n) is 7.11. The van der Waals surface area contributed by atoms with Gasteiger partial charge in [-0.05, 0) is 42.5 Å². The van der Waals surface area contributed by atoms with E-state index in [1.54, 1.807) is 13.4 Å². The minimum Gasteiger partial charge on any atom is -0.497 e. The molecule has 106 valence electrons. The van der Waals surface area contributed by atoms with Crippen molar-refractivity contribution in [3.05, 3.63) is 41.5 Å². The number of rotatable bonds is 5. The molecule has 0 saturated carbocycles. The van der Waals surface area contributed by atoms with Gasteiger partial charge in [-0.1, -0.05) is 6.07 Å². The van der Waals surface area contributed by atoms with Gasteiger partial charge in [0.2, 0.25) is 0 Å². The summed E-state index contributed by atoms with van der Waals surface area (Å²) in [5, 5.41) is 10.4. The normalized spacial score (nSPS) is 17.8. The molecule has 20 heavy (non-hydrogen) atoms. The zero-order valence-corrected chi connectivity index (χ0v) is 11.7. The van der Waals surface area contributed by atoms with Gasteiger partial charge in [0.1, 0.15) is 17.9 Å². The van der Waals surface area contributed by atoms with Gasteiger partial charge in [-0.3, -0.25) is 5.10 Å². The van der Waals surface area contributed by atoms with Crippen molar-refractivity contribution in [1.29, 1.82) is 0 Å². The van der Waals surface area contributed by atoms with Crippen molar-refractivity contribution in [2.24, 2.45) is 0 Å². The number of aromatic nitrogens is 3. The molecule has 1 aliphatic carbocycles. The van der Waals surface area contributed by atoms with Crippen LogP contribution in [0.15, 0.2) is 24.5 Å². The Morgan fingerprint density at radius 2 is 2.40 bits per heavy atom. The molecule has 0 aliphatic heterocycles. The largest absolute Gasteiger partial charge is 0.497 e. The van der Waals surface area contributed by atoms with Crippen LogP contribution in [0.2, 0.25) is 0 Å². The standard InChI is InChI=1S/C15H20N4O/c1-20-12-5-6-13-11(9-12)3-2-4-14(13)16-8-7-15-17-10-18-19-15/h5-6,9-10,14,16H,2-4,7-8H2,1H3,(H,17,18,19). The summed E-state index contributed by atoms with van der Waals surface area (Å²) in [6.07, 6.45) is 5.99. The van der Waals surface area contributed by atoms with Crippen molar-refractivity contribution in [3.63, 3.8) is 0 Å². The molecule has 1 aliphatic rings. The van der Waals surface area contributed by atoms with E-state index >= 15 is 0 Å². The average Bonchev–Trinajstić information content (AvgIpc) is 3.00. The van der Waals surface area contributed by atoms with Gasteiger partial charge in [-0.2, -0.15) is 5.10 Å². The molecule has 0 fully saturated rings. The summed E-state index contributed by atoms with van der Waals surface area (Å²) in [5.41, 5.74) is 2.82. The Morgan fingerprint density at radius 1 is 1.45 bits per heavy atom. The van der Waals surface area contributed by atoms with Gasteiger partial charge >= 0.3 is 0 Å². The Balaban J connectivity index is 1.64. The first-order chi connectivity index (χ1) is 9.86. The van der Waals surface area contributed by atoms with Crippen molar-refractivity contribution >= 4 is 0 Å². The summed E-state index contributed by atoms with van der Waals surface area (Å²) in [6.45, 7) is 0.908. The van der Waals surface area contributed by atoms with E-state index in [0.29, 0.717) is 6.04 Å². The average molecular weight is 272 g/mol. The summed E-state index contributed by atoms with van der Waals surface area (Å²) in [7, 11) is 1.72. The minimum atomic E-state index is 0.438. The van der Waals surface area contributed by atoms with E-state index in [-0.39, 0.29) is 0 Å². The number of aromatic amines is 1. The molecule has 1 heterocycles. The second-order valence-corrected chi connectivity index (χ2v) is 5.15. The molecular formula is C15H20N4O. The summed E-state index contributed by atoms with van der Waals surface area (Å²) in [4.78, 5) is 4.14. The number of hydrogen-bond donors (Lipinski definition) is 2. The van der Waals surface area contributed by atoms with Gasteiger partial charge in [-0.25, -0.2) is 4.98 Å². The molecule has 0 bridgehead atoms. The lowest BCUT2D eigenvalue weighted by Crippen LogP contribution is -2.27. The van der Waals surface area contributed by atoms with Crippen molar-refractivity contribution in [3.8, 4) is 5.75 Å². The lowest BCUT2D eigenvalue weighted by molar-refractivity contribution is 0.410. The van der Waals surface area contributed by atoms with Crippen LogP contribution in [0.25, 0.3) is 0 Å². The number of aryl methyl sites for hydroxylation is 1. The van der Waals surface area contributed by atoms with E-state index in [0.717, 1.165) is 31.0 Å². The summed E-state index contributed by atoms with van der Waals surface area (Å²) in [5.74, 6) is 1.88. The SMILES string of the molecule is COc1ccc2c(c1)CCCC2NCCc1ncn[nH]1. The van der Waals surface area contributed by atoms with Gasteiger partial charge in [0, 0.05) is 19.0 Å². The first kappa shape index (κ1) is 13.1. The number of fused-ring (bicyclic) bond motifs is 1. The topological polar surface area (TPSA) is 62.8 Å². The molecule has 5 heteroatoms. The van der Waals surface area contributed by atoms with Crippen LogP contribution in [0.1, 0.15) is 35.8 Å². The van der Waals surface area contributed by atoms with Crippen LogP contribution in [0, 0.1) is 0 Å². The lowest BCUT2D eigenvalue weighted by atomic mass is 9.87. The fourth-order valence-electron chi connectivity index (χ4n) is 2.85. The summed E-state index contributed by atoms with van der Waals surface area (Å²) >= 11 is 0. The second-order valence-electron chi connectivity index (χ2n) is 5.15. The minimum absolute atomic E-state index is 0.438. The Labute approximate surface area is 118 Å². The molecule has 2 N–H and O–H groups in total. The second kappa shape index (κ2) is 6.05. The van der Waals surface area contributed by atoms with Gasteiger partial charge < -0.3 is 10.1 Å². The Morgan fingerprint density at radius 3 is 3.20 bits per heavy atom. The molecule has 1 atom stereocenters. The molecule has 0 spiro atoms. The van der Waals surface area contributed by atoms with Crippen LogP contribution >= 0.6 is 0 Å². The van der Waals surface area contributed by atoms with Gasteiger partial charge in [0.25, 0.3) is 0 Å². The third-order valence-electron chi connectivity index (χ3n) is 3.88. The van der Waals surface area contributed by atoms with Crippen molar-refractivity contribution in [2.45, 2.75) is 31.7 Å². The lowest BCUT2D eigenvalue weighted by Gasteiger charge is -2.26. The Kier molecular flexibility index (Phi) is 3.97. The molecular weight excluding hydrogens is 252 g/mol. The Hall–Kier alpha value is -1.88. The van der Waals surface area contributed by atoms with E-state index in [1.807, 2.05) is 0 Å². The third-order valence-corrected chi connectivity index (χ3v) is 3.88. The number of nitrogens with one attached hydrogen (secondary N) is 2. The highest BCUT2D eigenvalue weighted by molar-refractivity contribution is 5.39. The monoisotopic (exact) mass is 272 g/mol. The predicted octanol–water partition coefficient (Wildman–Crippen LogP) is 2.02. The number of methoxy groups -OCH3 is 1. The van der Waals surface area contributed by atoms with Crippen LogP contribution in [0.5, 0.6) is 5.75 Å².